The molecular formula is C36H57N5O8. The Balaban J connectivity index is 1.74. The van der Waals surface area contributed by atoms with Crippen molar-refractivity contribution in [3.05, 3.63) is 35.9 Å². The summed E-state index contributed by atoms with van der Waals surface area (Å²) in [5, 5.41) is 15.1. The fourth-order valence-corrected chi connectivity index (χ4v) is 7.29. The number of likely N-dealkylation sites (tertiary alicyclic amines) is 1. The molecule has 1 aromatic carbocycles. The summed E-state index contributed by atoms with van der Waals surface area (Å²) < 4.78 is 11.8. The average Bonchev–Trinajstić information content (AvgIpc) is 3.56. The van der Waals surface area contributed by atoms with Gasteiger partial charge >= 0.3 is 5.97 Å². The fraction of sp³-hybridized carbons (Fsp3) is 0.694. The monoisotopic (exact) mass is 687 g/mol. The van der Waals surface area contributed by atoms with Crippen LogP contribution in [0.2, 0.25) is 0 Å². The summed E-state index contributed by atoms with van der Waals surface area (Å²) in [6.45, 7) is 5.08. The maximum atomic E-state index is 14.1. The highest BCUT2D eigenvalue weighted by molar-refractivity contribution is 5.89. The summed E-state index contributed by atoms with van der Waals surface area (Å²) in [5.41, 5.74) is 5.54. The van der Waals surface area contributed by atoms with Crippen molar-refractivity contribution < 1.29 is 38.6 Å². The van der Waals surface area contributed by atoms with Crippen LogP contribution in [0, 0.1) is 11.8 Å². The maximum Gasteiger partial charge on any atom is 0.326 e. The summed E-state index contributed by atoms with van der Waals surface area (Å²) in [7, 11) is 4.74. The van der Waals surface area contributed by atoms with Gasteiger partial charge in [-0.05, 0) is 51.0 Å². The van der Waals surface area contributed by atoms with E-state index < -0.39 is 59.6 Å². The lowest BCUT2D eigenvalue weighted by Gasteiger charge is -2.41. The molecule has 0 bridgehead atoms. The van der Waals surface area contributed by atoms with Crippen LogP contribution in [-0.2, 0) is 39.9 Å². The Bertz CT molecular complexity index is 1270. The number of carbonyl (C=O) groups excluding carboxylic acids is 4. The second kappa shape index (κ2) is 18.4. The van der Waals surface area contributed by atoms with E-state index in [1.54, 1.807) is 44.7 Å². The molecule has 1 aliphatic heterocycles. The van der Waals surface area contributed by atoms with Crippen molar-refractivity contribution in [2.75, 3.05) is 34.4 Å². The van der Waals surface area contributed by atoms with Crippen molar-refractivity contribution >= 4 is 29.6 Å². The molecule has 1 aliphatic carbocycles. The van der Waals surface area contributed by atoms with E-state index in [0.29, 0.717) is 13.0 Å². The van der Waals surface area contributed by atoms with Gasteiger partial charge in [0.25, 0.3) is 0 Å². The van der Waals surface area contributed by atoms with Crippen LogP contribution < -0.4 is 16.4 Å². The number of hydrogen-bond acceptors (Lipinski definition) is 8. The minimum Gasteiger partial charge on any atom is -0.480 e. The lowest BCUT2D eigenvalue weighted by atomic mass is 9.80. The molecule has 4 amide bonds. The Morgan fingerprint density at radius 1 is 1.02 bits per heavy atom. The molecule has 0 aromatic heterocycles. The van der Waals surface area contributed by atoms with Gasteiger partial charge in [-0.15, -0.1) is 0 Å². The van der Waals surface area contributed by atoms with Gasteiger partial charge in [0.15, 0.2) is 0 Å². The molecule has 13 heteroatoms. The largest absolute Gasteiger partial charge is 0.480 e. The van der Waals surface area contributed by atoms with Gasteiger partial charge in [-0.1, -0.05) is 56.5 Å². The Kier molecular flexibility index (Phi) is 15.0. The number of nitrogens with two attached hydrogens (primary N) is 1. The smallest absolute Gasteiger partial charge is 0.326 e. The summed E-state index contributed by atoms with van der Waals surface area (Å²) in [4.78, 5) is 68.6. The molecule has 1 aromatic rings. The summed E-state index contributed by atoms with van der Waals surface area (Å²) >= 11 is 0. The standard InChI is InChI=1S/C36H57N5O8/c1-23(33(44)39-26(34(45)46)20-24-14-9-7-10-15-24)32(49-6)27-18-13-19-41(27)29(42)21-28(48-5)31(25-16-11-8-12-17-25)40(4)30(43)22-38-35(47)36(2,3)37/h7,9-10,14-15,23,25-28,31-32H,8,11-13,16-22,37H2,1-6H3,(H,38,47)(H,39,44)(H,45,46). The second-order valence-electron chi connectivity index (χ2n) is 14.2. The minimum atomic E-state index is -1.14. The fourth-order valence-electron chi connectivity index (χ4n) is 7.29. The van der Waals surface area contributed by atoms with Crippen molar-refractivity contribution in [1.29, 1.82) is 0 Å². The van der Waals surface area contributed by atoms with E-state index >= 15 is 0 Å². The summed E-state index contributed by atoms with van der Waals surface area (Å²) in [6.07, 6.45) is 5.14. The Morgan fingerprint density at radius 2 is 1.67 bits per heavy atom. The van der Waals surface area contributed by atoms with Crippen molar-refractivity contribution in [3.8, 4) is 0 Å². The number of nitrogens with one attached hydrogen (secondary N) is 2. The van der Waals surface area contributed by atoms with Crippen LogP contribution in [0.4, 0.5) is 0 Å². The normalized spacial score (nSPS) is 20.1. The van der Waals surface area contributed by atoms with Crippen LogP contribution in [-0.4, -0.2) is 115 Å². The highest BCUT2D eigenvalue weighted by Crippen LogP contribution is 2.33. The number of ether oxygens (including phenoxy) is 2. The molecule has 49 heavy (non-hydrogen) atoms. The first-order valence-electron chi connectivity index (χ1n) is 17.4. The molecule has 2 fully saturated rings. The first-order valence-corrected chi connectivity index (χ1v) is 17.4. The highest BCUT2D eigenvalue weighted by Gasteiger charge is 2.43. The molecule has 6 unspecified atom stereocenters. The zero-order valence-corrected chi connectivity index (χ0v) is 30.0. The number of nitrogens with zero attached hydrogens (tertiary/aromatic N) is 2. The van der Waals surface area contributed by atoms with E-state index in [1.165, 1.54) is 7.11 Å². The first-order chi connectivity index (χ1) is 23.2. The molecular weight excluding hydrogens is 630 g/mol. The second-order valence-corrected chi connectivity index (χ2v) is 14.2. The number of rotatable bonds is 17. The summed E-state index contributed by atoms with van der Waals surface area (Å²) in [6, 6.07) is 7.17. The number of hydrogen-bond donors (Lipinski definition) is 4. The number of benzene rings is 1. The van der Waals surface area contributed by atoms with E-state index in [-0.39, 0.29) is 37.1 Å². The van der Waals surface area contributed by atoms with Gasteiger partial charge < -0.3 is 40.7 Å². The van der Waals surface area contributed by atoms with E-state index in [2.05, 4.69) is 10.6 Å². The average molecular weight is 688 g/mol. The topological polar surface area (TPSA) is 181 Å². The van der Waals surface area contributed by atoms with Crippen LogP contribution in [0.15, 0.2) is 30.3 Å². The molecule has 3 rings (SSSR count). The molecule has 13 nitrogen and oxygen atoms in total. The van der Waals surface area contributed by atoms with E-state index in [1.807, 2.05) is 30.3 Å². The quantitative estimate of drug-likeness (QED) is 0.191. The maximum absolute atomic E-state index is 14.1. The minimum absolute atomic E-state index is 0.0170. The third-order valence-corrected chi connectivity index (χ3v) is 10.1. The van der Waals surface area contributed by atoms with Gasteiger partial charge in [-0.2, -0.15) is 0 Å². The zero-order chi connectivity index (χ0) is 36.3. The predicted molar refractivity (Wildman–Crippen MR) is 184 cm³/mol. The molecule has 5 N–H and O–H groups in total. The Labute approximate surface area is 290 Å². The number of carboxylic acids is 1. The Morgan fingerprint density at radius 3 is 2.24 bits per heavy atom. The number of aliphatic carboxylic acids is 1. The van der Waals surface area contributed by atoms with E-state index in [9.17, 15) is 29.1 Å². The van der Waals surface area contributed by atoms with Crippen LogP contribution >= 0.6 is 0 Å². The first kappa shape index (κ1) is 39.9. The van der Waals surface area contributed by atoms with E-state index in [0.717, 1.165) is 44.1 Å². The van der Waals surface area contributed by atoms with Crippen molar-refractivity contribution in [2.45, 2.75) is 114 Å². The SMILES string of the molecule is COC(CC(=O)N1CCCC1C(OC)C(C)C(=O)NC(Cc1ccccc1)C(=O)O)C(C1CCCCC1)N(C)C(=O)CNC(=O)C(C)(C)N. The van der Waals surface area contributed by atoms with Gasteiger partial charge in [0.2, 0.25) is 23.6 Å². The number of likely N-dealkylation sites (N-methyl/N-ethyl adjacent to an activating group) is 1. The number of amides is 4. The molecule has 0 spiro atoms. The van der Waals surface area contributed by atoms with Gasteiger partial charge in [0.05, 0.1) is 48.7 Å². The third-order valence-electron chi connectivity index (χ3n) is 10.1. The number of carbonyl (C=O) groups is 5. The predicted octanol–water partition coefficient (Wildman–Crippen LogP) is 2.11. The molecule has 1 saturated heterocycles. The van der Waals surface area contributed by atoms with Crippen molar-refractivity contribution in [2.24, 2.45) is 17.6 Å². The van der Waals surface area contributed by atoms with Gasteiger partial charge in [0, 0.05) is 34.2 Å². The highest BCUT2D eigenvalue weighted by atomic mass is 16.5. The molecule has 1 saturated carbocycles. The van der Waals surface area contributed by atoms with Crippen molar-refractivity contribution in [3.63, 3.8) is 0 Å². The third kappa shape index (κ3) is 11.0. The molecule has 274 valence electrons. The number of carboxylic acid groups (broad SMARTS) is 1. The van der Waals surface area contributed by atoms with Crippen LogP contribution in [0.5, 0.6) is 0 Å². The van der Waals surface area contributed by atoms with Crippen LogP contribution in [0.1, 0.15) is 77.7 Å². The van der Waals surface area contributed by atoms with Gasteiger partial charge in [-0.25, -0.2) is 4.79 Å². The lowest BCUT2D eigenvalue weighted by molar-refractivity contribution is -0.147. The van der Waals surface area contributed by atoms with Crippen molar-refractivity contribution in [1.82, 2.24) is 20.4 Å². The molecule has 0 radical (unpaired) electrons. The van der Waals surface area contributed by atoms with Crippen LogP contribution in [0.25, 0.3) is 0 Å². The summed E-state index contributed by atoms with van der Waals surface area (Å²) in [5.74, 6) is -3.14. The van der Waals surface area contributed by atoms with Gasteiger partial charge in [0.1, 0.15) is 6.04 Å². The lowest BCUT2D eigenvalue weighted by Crippen LogP contribution is -2.56. The number of methoxy groups -OCH3 is 2. The zero-order valence-electron chi connectivity index (χ0n) is 30.0. The van der Waals surface area contributed by atoms with Gasteiger partial charge in [-0.3, -0.25) is 19.2 Å². The molecule has 1 heterocycles. The van der Waals surface area contributed by atoms with E-state index in [4.69, 9.17) is 15.2 Å². The van der Waals surface area contributed by atoms with Crippen LogP contribution in [0.3, 0.4) is 0 Å². The molecule has 2 aliphatic rings. The Hall–Kier alpha value is -3.55. The molecule has 6 atom stereocenters.